The molecule has 2 rings (SSSR count). The van der Waals surface area contributed by atoms with E-state index in [0.29, 0.717) is 18.5 Å². The average Bonchev–Trinajstić information content (AvgIpc) is 2.92. The zero-order valence-electron chi connectivity index (χ0n) is 10.6. The molecular formula is C12H13N5O3. The van der Waals surface area contributed by atoms with Gasteiger partial charge in [0.2, 0.25) is 5.91 Å². The summed E-state index contributed by atoms with van der Waals surface area (Å²) in [5.41, 5.74) is 0.935. The number of hydrogen-bond acceptors (Lipinski definition) is 5. The van der Waals surface area contributed by atoms with Crippen LogP contribution < -0.4 is 5.32 Å². The van der Waals surface area contributed by atoms with Crippen LogP contribution in [0.4, 0.5) is 0 Å². The molecule has 8 nitrogen and oxygen atoms in total. The number of amides is 1. The van der Waals surface area contributed by atoms with Gasteiger partial charge >= 0.3 is 5.97 Å². The van der Waals surface area contributed by atoms with Gasteiger partial charge in [0.1, 0.15) is 12.9 Å². The third kappa shape index (κ3) is 3.61. The summed E-state index contributed by atoms with van der Waals surface area (Å²) in [6.07, 6.45) is 1.79. The first kappa shape index (κ1) is 13.7. The summed E-state index contributed by atoms with van der Waals surface area (Å²) in [6, 6.07) is 6.71. The highest BCUT2D eigenvalue weighted by Gasteiger charge is 2.09. The molecule has 1 aromatic carbocycles. The monoisotopic (exact) mass is 275 g/mol. The second-order valence-electron chi connectivity index (χ2n) is 4.07. The third-order valence-electron chi connectivity index (χ3n) is 2.66. The maximum atomic E-state index is 11.6. The Bertz CT molecular complexity index is 597. The number of benzene rings is 1. The summed E-state index contributed by atoms with van der Waals surface area (Å²) in [5, 5.41) is 22.1. The standard InChI is InChI=1S/C12H13N5O3/c18-11(7-17-8-14-15-16-17)13-6-5-9-3-1-2-4-10(9)12(19)20/h1-4,8H,5-7H2,(H,13,18)(H,19,20). The second kappa shape index (κ2) is 6.41. The number of hydrogen-bond donors (Lipinski definition) is 2. The molecule has 0 aliphatic heterocycles. The van der Waals surface area contributed by atoms with E-state index in [1.165, 1.54) is 11.0 Å². The lowest BCUT2D eigenvalue weighted by Gasteiger charge is -2.07. The topological polar surface area (TPSA) is 110 Å². The van der Waals surface area contributed by atoms with Gasteiger partial charge in [-0.25, -0.2) is 9.48 Å². The molecule has 0 fully saturated rings. The van der Waals surface area contributed by atoms with Crippen LogP contribution in [0.1, 0.15) is 15.9 Å². The SMILES string of the molecule is O=C(Cn1cnnn1)NCCc1ccccc1C(=O)O. The first-order valence-corrected chi connectivity index (χ1v) is 5.95. The van der Waals surface area contributed by atoms with Crippen molar-refractivity contribution in [2.75, 3.05) is 6.54 Å². The number of carboxylic acids is 1. The van der Waals surface area contributed by atoms with Crippen molar-refractivity contribution in [3.05, 3.63) is 41.7 Å². The van der Waals surface area contributed by atoms with Crippen LogP contribution in [0.25, 0.3) is 0 Å². The number of aromatic carboxylic acids is 1. The molecule has 2 N–H and O–H groups in total. The van der Waals surface area contributed by atoms with Crippen LogP contribution in [0.2, 0.25) is 0 Å². The van der Waals surface area contributed by atoms with Crippen molar-refractivity contribution in [3.63, 3.8) is 0 Å². The third-order valence-corrected chi connectivity index (χ3v) is 2.66. The molecule has 2 aromatic rings. The van der Waals surface area contributed by atoms with Gasteiger partial charge in [0.25, 0.3) is 0 Å². The molecule has 0 aliphatic carbocycles. The Labute approximate surface area is 114 Å². The van der Waals surface area contributed by atoms with Gasteiger partial charge in [0, 0.05) is 6.54 Å². The summed E-state index contributed by atoms with van der Waals surface area (Å²) in [4.78, 5) is 22.6. The molecule has 0 radical (unpaired) electrons. The number of carbonyl (C=O) groups is 2. The Balaban J connectivity index is 1.84. The van der Waals surface area contributed by atoms with Crippen LogP contribution in [-0.2, 0) is 17.8 Å². The van der Waals surface area contributed by atoms with E-state index in [9.17, 15) is 9.59 Å². The molecule has 0 saturated carbocycles. The Morgan fingerprint density at radius 2 is 2.10 bits per heavy atom. The second-order valence-corrected chi connectivity index (χ2v) is 4.07. The highest BCUT2D eigenvalue weighted by molar-refractivity contribution is 5.89. The van der Waals surface area contributed by atoms with Gasteiger partial charge in [-0.2, -0.15) is 0 Å². The van der Waals surface area contributed by atoms with Gasteiger partial charge in [-0.1, -0.05) is 18.2 Å². The van der Waals surface area contributed by atoms with Crippen LogP contribution in [0.15, 0.2) is 30.6 Å². The number of tetrazole rings is 1. The van der Waals surface area contributed by atoms with Crippen molar-refractivity contribution >= 4 is 11.9 Å². The lowest BCUT2D eigenvalue weighted by molar-refractivity contribution is -0.121. The first-order valence-electron chi connectivity index (χ1n) is 5.95. The fraction of sp³-hybridized carbons (Fsp3) is 0.250. The Morgan fingerprint density at radius 1 is 1.30 bits per heavy atom. The summed E-state index contributed by atoms with van der Waals surface area (Å²) in [7, 11) is 0. The Morgan fingerprint density at radius 3 is 2.80 bits per heavy atom. The minimum atomic E-state index is -0.972. The van der Waals surface area contributed by atoms with E-state index in [-0.39, 0.29) is 18.0 Å². The molecule has 1 amide bonds. The van der Waals surface area contributed by atoms with Crippen molar-refractivity contribution < 1.29 is 14.7 Å². The number of carboxylic acid groups (broad SMARTS) is 1. The van der Waals surface area contributed by atoms with Gasteiger partial charge in [0.15, 0.2) is 0 Å². The van der Waals surface area contributed by atoms with Crippen LogP contribution in [-0.4, -0.2) is 43.7 Å². The van der Waals surface area contributed by atoms with Gasteiger partial charge in [0.05, 0.1) is 5.56 Å². The number of rotatable bonds is 6. The van der Waals surface area contributed by atoms with Crippen LogP contribution in [0.3, 0.4) is 0 Å². The molecule has 0 atom stereocenters. The Hall–Kier alpha value is -2.77. The minimum Gasteiger partial charge on any atom is -0.478 e. The van der Waals surface area contributed by atoms with Gasteiger partial charge in [-0.15, -0.1) is 5.10 Å². The average molecular weight is 275 g/mol. The molecular weight excluding hydrogens is 262 g/mol. The predicted octanol–water partition coefficient (Wildman–Crippen LogP) is -0.270. The largest absolute Gasteiger partial charge is 0.478 e. The van der Waals surface area contributed by atoms with Gasteiger partial charge in [-0.3, -0.25) is 4.79 Å². The van der Waals surface area contributed by atoms with Crippen LogP contribution in [0, 0.1) is 0 Å². The number of aromatic nitrogens is 4. The lowest BCUT2D eigenvalue weighted by Crippen LogP contribution is -2.29. The molecule has 0 bridgehead atoms. The molecule has 20 heavy (non-hydrogen) atoms. The minimum absolute atomic E-state index is 0.0353. The van der Waals surface area contributed by atoms with E-state index in [0.717, 1.165) is 0 Å². The molecule has 0 saturated heterocycles. The maximum Gasteiger partial charge on any atom is 0.335 e. The van der Waals surface area contributed by atoms with E-state index >= 15 is 0 Å². The van der Waals surface area contributed by atoms with Gasteiger partial charge < -0.3 is 10.4 Å². The summed E-state index contributed by atoms with van der Waals surface area (Å²) < 4.78 is 1.31. The number of nitrogens with zero attached hydrogens (tertiary/aromatic N) is 4. The normalized spacial score (nSPS) is 10.2. The zero-order chi connectivity index (χ0) is 14.4. The summed E-state index contributed by atoms with van der Waals surface area (Å²) in [6.45, 7) is 0.388. The highest BCUT2D eigenvalue weighted by atomic mass is 16.4. The molecule has 8 heteroatoms. The van der Waals surface area contributed by atoms with Crippen molar-refractivity contribution in [2.24, 2.45) is 0 Å². The molecule has 0 spiro atoms. The quantitative estimate of drug-likeness (QED) is 0.751. The fourth-order valence-corrected chi connectivity index (χ4v) is 1.74. The Kier molecular flexibility index (Phi) is 4.38. The number of nitrogens with one attached hydrogen (secondary N) is 1. The maximum absolute atomic E-state index is 11.6. The molecule has 1 aromatic heterocycles. The van der Waals surface area contributed by atoms with Crippen molar-refractivity contribution in [1.82, 2.24) is 25.5 Å². The summed E-state index contributed by atoms with van der Waals surface area (Å²) >= 11 is 0. The molecule has 0 aliphatic rings. The number of carbonyl (C=O) groups excluding carboxylic acids is 1. The lowest BCUT2D eigenvalue weighted by atomic mass is 10.0. The van der Waals surface area contributed by atoms with Crippen LogP contribution in [0.5, 0.6) is 0 Å². The van der Waals surface area contributed by atoms with E-state index in [4.69, 9.17) is 5.11 Å². The molecule has 104 valence electrons. The predicted molar refractivity (Wildman–Crippen MR) is 67.9 cm³/mol. The molecule has 1 heterocycles. The van der Waals surface area contributed by atoms with E-state index in [1.54, 1.807) is 24.3 Å². The zero-order valence-corrected chi connectivity index (χ0v) is 10.6. The van der Waals surface area contributed by atoms with Crippen LogP contribution >= 0.6 is 0 Å². The van der Waals surface area contributed by atoms with Crippen molar-refractivity contribution in [2.45, 2.75) is 13.0 Å². The van der Waals surface area contributed by atoms with Gasteiger partial charge in [-0.05, 0) is 28.5 Å². The van der Waals surface area contributed by atoms with Crippen molar-refractivity contribution in [3.8, 4) is 0 Å². The van der Waals surface area contributed by atoms with E-state index in [1.807, 2.05) is 0 Å². The fourth-order valence-electron chi connectivity index (χ4n) is 1.74. The van der Waals surface area contributed by atoms with E-state index in [2.05, 4.69) is 20.8 Å². The smallest absolute Gasteiger partial charge is 0.335 e. The summed E-state index contributed by atoms with van der Waals surface area (Å²) in [5.74, 6) is -1.20. The first-order chi connectivity index (χ1) is 9.66. The van der Waals surface area contributed by atoms with E-state index < -0.39 is 5.97 Å². The van der Waals surface area contributed by atoms with Crippen molar-refractivity contribution in [1.29, 1.82) is 0 Å². The highest BCUT2D eigenvalue weighted by Crippen LogP contribution is 2.08. The molecule has 0 unspecified atom stereocenters.